The lowest BCUT2D eigenvalue weighted by molar-refractivity contribution is -0.138. The van der Waals surface area contributed by atoms with E-state index in [-0.39, 0.29) is 28.8 Å². The van der Waals surface area contributed by atoms with Crippen molar-refractivity contribution in [3.8, 4) is 11.1 Å². The lowest BCUT2D eigenvalue weighted by atomic mass is 10.0. The number of halogens is 6. The second-order valence-corrected chi connectivity index (χ2v) is 6.77. The summed E-state index contributed by atoms with van der Waals surface area (Å²) in [6, 6.07) is 6.93. The van der Waals surface area contributed by atoms with Gasteiger partial charge in [-0.05, 0) is 35.4 Å². The molecule has 0 aliphatic carbocycles. The van der Waals surface area contributed by atoms with Gasteiger partial charge in [0.2, 0.25) is 0 Å². The first-order chi connectivity index (χ1) is 14.5. The van der Waals surface area contributed by atoms with Crippen LogP contribution in [0.4, 0.5) is 26.3 Å². The van der Waals surface area contributed by atoms with E-state index in [1.165, 1.54) is 30.6 Å². The Hall–Kier alpha value is -3.63. The zero-order chi connectivity index (χ0) is 22.4. The van der Waals surface area contributed by atoms with Crippen molar-refractivity contribution in [1.82, 2.24) is 19.5 Å². The summed E-state index contributed by atoms with van der Waals surface area (Å²) in [6.07, 6.45) is -5.93. The SMILES string of the molecule is O=c1[nH]c2ncc(-c3cccc(C(F)(F)F)c3)cc2n1Cc1cncc(C(F)(F)F)c1. The number of benzene rings is 1. The standard InChI is InChI=1S/C20H12F6N4O/c21-19(22,23)14-3-1-2-12(5-14)13-6-16-17(28-8-13)29-18(31)30(16)10-11-4-15(9-27-7-11)20(24,25)26/h1-9H,10H2,(H,28,29,31). The van der Waals surface area contributed by atoms with Crippen LogP contribution in [0.5, 0.6) is 0 Å². The van der Waals surface area contributed by atoms with Crippen LogP contribution in [-0.2, 0) is 18.9 Å². The topological polar surface area (TPSA) is 63.6 Å². The van der Waals surface area contributed by atoms with Crippen molar-refractivity contribution in [2.45, 2.75) is 18.9 Å². The molecular formula is C20H12F6N4O. The van der Waals surface area contributed by atoms with E-state index in [9.17, 15) is 31.1 Å². The average Bonchev–Trinajstić information content (AvgIpc) is 3.01. The van der Waals surface area contributed by atoms with Crippen LogP contribution in [0.25, 0.3) is 22.3 Å². The quantitative estimate of drug-likeness (QED) is 0.464. The van der Waals surface area contributed by atoms with E-state index in [1.807, 2.05) is 0 Å². The Bertz CT molecular complexity index is 1320. The highest BCUT2D eigenvalue weighted by molar-refractivity contribution is 5.78. The minimum Gasteiger partial charge on any atom is -0.290 e. The zero-order valence-corrected chi connectivity index (χ0v) is 15.4. The van der Waals surface area contributed by atoms with E-state index in [1.54, 1.807) is 0 Å². The summed E-state index contributed by atoms with van der Waals surface area (Å²) < 4.78 is 79.0. The summed E-state index contributed by atoms with van der Waals surface area (Å²) in [5, 5.41) is 0. The number of rotatable bonds is 3. The Morgan fingerprint density at radius 2 is 1.61 bits per heavy atom. The fourth-order valence-corrected chi connectivity index (χ4v) is 3.13. The third-order valence-electron chi connectivity index (χ3n) is 4.61. The monoisotopic (exact) mass is 438 g/mol. The van der Waals surface area contributed by atoms with Gasteiger partial charge >= 0.3 is 18.0 Å². The number of aromatic amines is 1. The maximum Gasteiger partial charge on any atom is 0.417 e. The fourth-order valence-electron chi connectivity index (χ4n) is 3.13. The molecule has 1 aromatic carbocycles. The van der Waals surface area contributed by atoms with Crippen LogP contribution in [0.1, 0.15) is 16.7 Å². The number of H-pyrrole nitrogens is 1. The van der Waals surface area contributed by atoms with E-state index >= 15 is 0 Å². The van der Waals surface area contributed by atoms with Crippen molar-refractivity contribution in [2.75, 3.05) is 0 Å². The van der Waals surface area contributed by atoms with Gasteiger partial charge in [0.25, 0.3) is 0 Å². The summed E-state index contributed by atoms with van der Waals surface area (Å²) >= 11 is 0. The van der Waals surface area contributed by atoms with Gasteiger partial charge in [-0.25, -0.2) is 9.78 Å². The number of alkyl halides is 6. The highest BCUT2D eigenvalue weighted by Gasteiger charge is 2.31. The third kappa shape index (κ3) is 4.16. The molecule has 0 radical (unpaired) electrons. The molecule has 0 saturated carbocycles. The van der Waals surface area contributed by atoms with Crippen LogP contribution in [0.2, 0.25) is 0 Å². The van der Waals surface area contributed by atoms with E-state index in [4.69, 9.17) is 0 Å². The average molecular weight is 438 g/mol. The van der Waals surface area contributed by atoms with Crippen molar-refractivity contribution in [3.05, 3.63) is 82.2 Å². The molecule has 0 fully saturated rings. The predicted octanol–water partition coefficient (Wildman–Crippen LogP) is 4.87. The molecule has 11 heteroatoms. The molecule has 4 aromatic rings. The van der Waals surface area contributed by atoms with Crippen LogP contribution in [0, 0.1) is 0 Å². The van der Waals surface area contributed by atoms with Crippen LogP contribution in [-0.4, -0.2) is 19.5 Å². The van der Waals surface area contributed by atoms with E-state index in [0.717, 1.165) is 22.8 Å². The first kappa shape index (κ1) is 20.6. The van der Waals surface area contributed by atoms with Crippen molar-refractivity contribution < 1.29 is 26.3 Å². The van der Waals surface area contributed by atoms with Gasteiger partial charge in [-0.1, -0.05) is 12.1 Å². The maximum absolute atomic E-state index is 13.0. The van der Waals surface area contributed by atoms with Crippen molar-refractivity contribution in [2.24, 2.45) is 0 Å². The molecule has 0 atom stereocenters. The summed E-state index contributed by atoms with van der Waals surface area (Å²) in [5.41, 5.74) is -1.37. The largest absolute Gasteiger partial charge is 0.417 e. The maximum atomic E-state index is 13.0. The molecule has 1 N–H and O–H groups in total. The molecule has 0 aliphatic rings. The molecule has 0 saturated heterocycles. The number of fused-ring (bicyclic) bond motifs is 1. The summed E-state index contributed by atoms with van der Waals surface area (Å²) in [7, 11) is 0. The van der Waals surface area contributed by atoms with Gasteiger partial charge in [-0.15, -0.1) is 0 Å². The van der Waals surface area contributed by atoms with Gasteiger partial charge in [-0.3, -0.25) is 14.5 Å². The van der Waals surface area contributed by atoms with E-state index in [2.05, 4.69) is 15.0 Å². The summed E-state index contributed by atoms with van der Waals surface area (Å²) in [5.74, 6) is 0. The van der Waals surface area contributed by atoms with Crippen LogP contribution in [0.15, 0.2) is 59.8 Å². The van der Waals surface area contributed by atoms with Gasteiger partial charge in [-0.2, -0.15) is 26.3 Å². The molecule has 3 heterocycles. The number of nitrogens with one attached hydrogen (secondary N) is 1. The minimum absolute atomic E-state index is 0.127. The van der Waals surface area contributed by atoms with Crippen LogP contribution < -0.4 is 5.69 Å². The molecule has 0 bridgehead atoms. The number of hydrogen-bond acceptors (Lipinski definition) is 3. The Morgan fingerprint density at radius 1 is 0.871 bits per heavy atom. The highest BCUT2D eigenvalue weighted by Crippen LogP contribution is 2.33. The fraction of sp³-hybridized carbons (Fsp3) is 0.150. The number of imidazole rings is 1. The molecule has 31 heavy (non-hydrogen) atoms. The van der Waals surface area contributed by atoms with Gasteiger partial charge in [0, 0.05) is 24.2 Å². The number of pyridine rings is 2. The number of nitrogens with zero attached hydrogens (tertiary/aromatic N) is 3. The normalized spacial score (nSPS) is 12.5. The van der Waals surface area contributed by atoms with Crippen molar-refractivity contribution in [3.63, 3.8) is 0 Å². The van der Waals surface area contributed by atoms with Crippen LogP contribution >= 0.6 is 0 Å². The first-order valence-electron chi connectivity index (χ1n) is 8.80. The molecule has 0 amide bonds. The van der Waals surface area contributed by atoms with E-state index in [0.29, 0.717) is 11.8 Å². The predicted molar refractivity (Wildman–Crippen MR) is 99.1 cm³/mol. The van der Waals surface area contributed by atoms with Crippen LogP contribution in [0.3, 0.4) is 0 Å². The van der Waals surface area contributed by atoms with Gasteiger partial charge < -0.3 is 0 Å². The molecule has 0 aliphatic heterocycles. The van der Waals surface area contributed by atoms with Crippen molar-refractivity contribution in [1.29, 1.82) is 0 Å². The first-order valence-corrected chi connectivity index (χ1v) is 8.80. The molecule has 3 aromatic heterocycles. The molecule has 4 rings (SSSR count). The second kappa shape index (κ2) is 7.25. The lowest BCUT2D eigenvalue weighted by Gasteiger charge is -2.10. The minimum atomic E-state index is -4.59. The summed E-state index contributed by atoms with van der Waals surface area (Å²) in [6.45, 7) is -0.233. The van der Waals surface area contributed by atoms with Gasteiger partial charge in [0.05, 0.1) is 23.2 Å². The summed E-state index contributed by atoms with van der Waals surface area (Å²) in [4.78, 5) is 22.5. The van der Waals surface area contributed by atoms with Gasteiger partial charge in [0.1, 0.15) is 0 Å². The molecular weight excluding hydrogens is 426 g/mol. The Balaban J connectivity index is 1.77. The smallest absolute Gasteiger partial charge is 0.290 e. The lowest BCUT2D eigenvalue weighted by Crippen LogP contribution is -2.18. The second-order valence-electron chi connectivity index (χ2n) is 6.77. The molecule has 0 spiro atoms. The molecule has 5 nitrogen and oxygen atoms in total. The highest BCUT2D eigenvalue weighted by atomic mass is 19.4. The van der Waals surface area contributed by atoms with Crippen molar-refractivity contribution >= 4 is 11.2 Å². The zero-order valence-electron chi connectivity index (χ0n) is 15.4. The van der Waals surface area contributed by atoms with E-state index < -0.39 is 29.2 Å². The third-order valence-corrected chi connectivity index (χ3v) is 4.61. The Labute approximate surface area is 170 Å². The number of aromatic nitrogens is 4. The molecule has 0 unspecified atom stereocenters. The Kier molecular flexibility index (Phi) is 4.83. The number of hydrogen-bond donors (Lipinski definition) is 1. The molecule has 160 valence electrons. The van der Waals surface area contributed by atoms with Gasteiger partial charge in [0.15, 0.2) is 5.65 Å². The Morgan fingerprint density at radius 3 is 2.32 bits per heavy atom.